The predicted molar refractivity (Wildman–Crippen MR) is 74.4 cm³/mol. The molecule has 0 aliphatic carbocycles. The fourth-order valence-corrected chi connectivity index (χ4v) is 1.86. The van der Waals surface area contributed by atoms with Crippen molar-refractivity contribution < 1.29 is 14.3 Å². The maximum atomic E-state index is 12.1. The van der Waals surface area contributed by atoms with Gasteiger partial charge in [0, 0.05) is 12.1 Å². The van der Waals surface area contributed by atoms with Crippen LogP contribution in [0.4, 0.5) is 5.13 Å². The molecule has 20 heavy (non-hydrogen) atoms. The maximum absolute atomic E-state index is 12.1. The summed E-state index contributed by atoms with van der Waals surface area (Å²) in [6.45, 7) is 3.75. The van der Waals surface area contributed by atoms with Crippen LogP contribution >= 0.6 is 11.3 Å². The van der Waals surface area contributed by atoms with E-state index in [9.17, 15) is 4.79 Å². The van der Waals surface area contributed by atoms with Gasteiger partial charge in [0.05, 0.1) is 18.8 Å². The Hall–Kier alpha value is -2.22. The number of carbonyl (C=O) groups is 1. The second kappa shape index (κ2) is 6.29. The Morgan fingerprint density at radius 2 is 2.10 bits per heavy atom. The van der Waals surface area contributed by atoms with E-state index in [-0.39, 0.29) is 12.0 Å². The number of aromatic nitrogens is 3. The molecule has 7 nitrogen and oxygen atoms in total. The van der Waals surface area contributed by atoms with E-state index in [4.69, 9.17) is 9.47 Å². The van der Waals surface area contributed by atoms with Crippen LogP contribution in [0.2, 0.25) is 0 Å². The van der Waals surface area contributed by atoms with Gasteiger partial charge in [-0.3, -0.25) is 10.1 Å². The van der Waals surface area contributed by atoms with Crippen molar-refractivity contribution in [1.29, 1.82) is 0 Å². The van der Waals surface area contributed by atoms with E-state index in [1.165, 1.54) is 30.0 Å². The molecule has 0 radical (unpaired) electrons. The zero-order chi connectivity index (χ0) is 14.5. The number of amides is 1. The number of nitrogens with one attached hydrogen (secondary N) is 1. The fourth-order valence-electron chi connectivity index (χ4n) is 1.42. The number of nitrogens with zero attached hydrogens (tertiary/aromatic N) is 3. The lowest BCUT2D eigenvalue weighted by Gasteiger charge is -2.11. The lowest BCUT2D eigenvalue weighted by Crippen LogP contribution is -2.14. The minimum Gasteiger partial charge on any atom is -0.481 e. The molecule has 2 heterocycles. The monoisotopic (exact) mass is 294 g/mol. The zero-order valence-corrected chi connectivity index (χ0v) is 12.1. The molecule has 2 aromatic rings. The summed E-state index contributed by atoms with van der Waals surface area (Å²) in [7, 11) is 1.48. The van der Waals surface area contributed by atoms with Gasteiger partial charge in [-0.2, -0.15) is 4.98 Å². The molecule has 0 fully saturated rings. The Balaban J connectivity index is 2.23. The lowest BCUT2D eigenvalue weighted by atomic mass is 10.2. The molecule has 0 aliphatic heterocycles. The molecule has 1 amide bonds. The van der Waals surface area contributed by atoms with E-state index in [0.717, 1.165) is 0 Å². The normalized spacial score (nSPS) is 10.4. The van der Waals surface area contributed by atoms with Crippen LogP contribution in [-0.2, 0) is 0 Å². The van der Waals surface area contributed by atoms with Gasteiger partial charge in [-0.05, 0) is 13.8 Å². The average molecular weight is 294 g/mol. The molecule has 8 heteroatoms. The summed E-state index contributed by atoms with van der Waals surface area (Å²) >= 11 is 1.24. The molecule has 0 atom stereocenters. The van der Waals surface area contributed by atoms with Crippen molar-refractivity contribution in [2.75, 3.05) is 12.4 Å². The van der Waals surface area contributed by atoms with Crippen LogP contribution in [0.1, 0.15) is 24.2 Å². The highest BCUT2D eigenvalue weighted by Crippen LogP contribution is 2.20. The summed E-state index contributed by atoms with van der Waals surface area (Å²) < 4.78 is 10.6. The van der Waals surface area contributed by atoms with Gasteiger partial charge in [0.15, 0.2) is 0 Å². The van der Waals surface area contributed by atoms with Crippen molar-refractivity contribution in [2.45, 2.75) is 20.0 Å². The smallest absolute Gasteiger partial charge is 0.257 e. The Morgan fingerprint density at radius 1 is 1.35 bits per heavy atom. The van der Waals surface area contributed by atoms with Crippen molar-refractivity contribution in [3.8, 4) is 11.8 Å². The second-order valence-corrected chi connectivity index (χ2v) is 4.93. The number of rotatable bonds is 5. The van der Waals surface area contributed by atoms with E-state index >= 15 is 0 Å². The molecule has 0 saturated heterocycles. The SMILES string of the molecule is COc1cc(C(=O)Nc2nncs2)cc(OC(C)C)n1. The van der Waals surface area contributed by atoms with Crippen molar-refractivity contribution >= 4 is 22.4 Å². The number of carbonyl (C=O) groups excluding carboxylic acids is 1. The number of hydrogen-bond donors (Lipinski definition) is 1. The molecular formula is C12H14N4O3S. The van der Waals surface area contributed by atoms with E-state index in [1.54, 1.807) is 6.07 Å². The average Bonchev–Trinajstić information content (AvgIpc) is 2.90. The van der Waals surface area contributed by atoms with Crippen LogP contribution < -0.4 is 14.8 Å². The third-order valence-electron chi connectivity index (χ3n) is 2.19. The zero-order valence-electron chi connectivity index (χ0n) is 11.3. The number of methoxy groups -OCH3 is 1. The minimum atomic E-state index is -0.323. The third-order valence-corrected chi connectivity index (χ3v) is 2.79. The van der Waals surface area contributed by atoms with Crippen LogP contribution in [0, 0.1) is 0 Å². The first-order valence-electron chi connectivity index (χ1n) is 5.88. The van der Waals surface area contributed by atoms with Gasteiger partial charge < -0.3 is 9.47 Å². The highest BCUT2D eigenvalue weighted by molar-refractivity contribution is 7.13. The van der Waals surface area contributed by atoms with Gasteiger partial charge >= 0.3 is 0 Å². The molecular weight excluding hydrogens is 280 g/mol. The van der Waals surface area contributed by atoms with E-state index in [2.05, 4.69) is 20.5 Å². The topological polar surface area (TPSA) is 86.2 Å². The van der Waals surface area contributed by atoms with Crippen molar-refractivity contribution in [1.82, 2.24) is 15.2 Å². The Bertz CT molecular complexity index is 586. The van der Waals surface area contributed by atoms with E-state index < -0.39 is 0 Å². The molecule has 0 saturated carbocycles. The van der Waals surface area contributed by atoms with Crippen molar-refractivity contribution in [2.24, 2.45) is 0 Å². The molecule has 0 aromatic carbocycles. The standard InChI is InChI=1S/C12H14N4O3S/c1-7(2)19-10-5-8(4-9(14-10)18-3)11(17)15-12-16-13-6-20-12/h4-7H,1-3H3,(H,15,16,17). The van der Waals surface area contributed by atoms with Gasteiger partial charge in [0.2, 0.25) is 16.9 Å². The third kappa shape index (κ3) is 3.64. The molecule has 0 unspecified atom stereocenters. The summed E-state index contributed by atoms with van der Waals surface area (Å²) in [5.41, 5.74) is 1.92. The quantitative estimate of drug-likeness (QED) is 0.907. The summed E-state index contributed by atoms with van der Waals surface area (Å²) in [6, 6.07) is 3.09. The molecule has 1 N–H and O–H groups in total. The first-order chi connectivity index (χ1) is 9.58. The van der Waals surface area contributed by atoms with Gasteiger partial charge in [0.1, 0.15) is 5.51 Å². The molecule has 0 aliphatic rings. The van der Waals surface area contributed by atoms with Gasteiger partial charge in [-0.15, -0.1) is 10.2 Å². The Morgan fingerprint density at radius 3 is 2.70 bits per heavy atom. The summed E-state index contributed by atoms with van der Waals surface area (Å²) in [4.78, 5) is 16.2. The molecule has 0 bridgehead atoms. The minimum absolute atomic E-state index is 0.0475. The largest absolute Gasteiger partial charge is 0.481 e. The lowest BCUT2D eigenvalue weighted by molar-refractivity contribution is 0.102. The second-order valence-electron chi connectivity index (χ2n) is 4.10. The molecule has 0 spiro atoms. The van der Waals surface area contributed by atoms with Crippen molar-refractivity contribution in [3.05, 3.63) is 23.2 Å². The summed E-state index contributed by atoms with van der Waals surface area (Å²) in [5, 5.41) is 10.5. The van der Waals surface area contributed by atoms with Crippen LogP contribution in [0.3, 0.4) is 0 Å². The molecule has 2 aromatic heterocycles. The first-order valence-corrected chi connectivity index (χ1v) is 6.76. The van der Waals surface area contributed by atoms with Crippen LogP contribution in [0.5, 0.6) is 11.8 Å². The van der Waals surface area contributed by atoms with Crippen LogP contribution in [0.15, 0.2) is 17.6 Å². The van der Waals surface area contributed by atoms with Gasteiger partial charge in [-0.1, -0.05) is 11.3 Å². The number of pyridine rings is 1. The number of anilines is 1. The predicted octanol–water partition coefficient (Wildman–Crippen LogP) is 1.98. The summed E-state index contributed by atoms with van der Waals surface area (Å²) in [6.07, 6.45) is -0.0475. The first kappa shape index (κ1) is 14.2. The summed E-state index contributed by atoms with van der Waals surface area (Å²) in [5.74, 6) is 0.323. The number of ether oxygens (including phenoxy) is 2. The van der Waals surface area contributed by atoms with E-state index in [1.807, 2.05) is 13.8 Å². The highest BCUT2D eigenvalue weighted by atomic mass is 32.1. The van der Waals surface area contributed by atoms with Crippen LogP contribution in [-0.4, -0.2) is 34.3 Å². The Labute approximate surface area is 120 Å². The highest BCUT2D eigenvalue weighted by Gasteiger charge is 2.13. The Kier molecular flexibility index (Phi) is 4.46. The van der Waals surface area contributed by atoms with Gasteiger partial charge in [-0.25, -0.2) is 0 Å². The fraction of sp³-hybridized carbons (Fsp3) is 0.333. The van der Waals surface area contributed by atoms with Crippen LogP contribution in [0.25, 0.3) is 0 Å². The number of hydrogen-bond acceptors (Lipinski definition) is 7. The van der Waals surface area contributed by atoms with Gasteiger partial charge in [0.25, 0.3) is 5.91 Å². The molecule has 2 rings (SSSR count). The van der Waals surface area contributed by atoms with E-state index in [0.29, 0.717) is 22.5 Å². The van der Waals surface area contributed by atoms with Crippen molar-refractivity contribution in [3.63, 3.8) is 0 Å². The molecule has 106 valence electrons. The maximum Gasteiger partial charge on any atom is 0.257 e.